The number of benzene rings is 1. The quantitative estimate of drug-likeness (QED) is 0.669. The number of fused-ring (bicyclic) bond motifs is 1. The van der Waals surface area contributed by atoms with Gasteiger partial charge < -0.3 is 5.32 Å². The monoisotopic (exact) mass is 309 g/mol. The van der Waals surface area contributed by atoms with Crippen molar-refractivity contribution in [3.8, 4) is 0 Å². The van der Waals surface area contributed by atoms with Gasteiger partial charge in [-0.05, 0) is 19.1 Å². The van der Waals surface area contributed by atoms with E-state index in [-0.39, 0.29) is 17.5 Å². The molecule has 0 fully saturated rings. The standard InChI is InChI=1S/C13H15N3O4S/c1-9(8-21(2,19)20)15-12-3-4-13(16(17)18)10-5-6-14-7-11(10)12/h3-7,9,15H,8H2,1-2H3. The second-order valence-electron chi connectivity index (χ2n) is 4.95. The van der Waals surface area contributed by atoms with Crippen molar-refractivity contribution < 1.29 is 13.3 Å². The number of nitro benzene ring substituents is 1. The molecule has 0 saturated carbocycles. The number of anilines is 1. The molecule has 1 heterocycles. The predicted molar refractivity (Wildman–Crippen MR) is 81.2 cm³/mol. The summed E-state index contributed by atoms with van der Waals surface area (Å²) in [7, 11) is -3.10. The van der Waals surface area contributed by atoms with Gasteiger partial charge in [0.05, 0.1) is 16.1 Å². The lowest BCUT2D eigenvalue weighted by Gasteiger charge is -2.16. The number of nitrogens with zero attached hydrogens (tertiary/aromatic N) is 2. The first kappa shape index (κ1) is 15.2. The molecular formula is C13H15N3O4S. The normalized spacial score (nSPS) is 13.0. The van der Waals surface area contributed by atoms with Gasteiger partial charge in [0.15, 0.2) is 0 Å². The molecule has 1 aromatic carbocycles. The minimum atomic E-state index is -3.10. The van der Waals surface area contributed by atoms with Crippen LogP contribution in [-0.4, -0.2) is 36.4 Å². The van der Waals surface area contributed by atoms with Crippen LogP contribution < -0.4 is 5.32 Å². The van der Waals surface area contributed by atoms with Crippen molar-refractivity contribution in [2.75, 3.05) is 17.3 Å². The molecule has 0 bridgehead atoms. The van der Waals surface area contributed by atoms with Gasteiger partial charge in [-0.15, -0.1) is 0 Å². The summed E-state index contributed by atoms with van der Waals surface area (Å²) in [5.74, 6) is -0.0221. The Morgan fingerprint density at radius 1 is 1.33 bits per heavy atom. The number of sulfone groups is 1. The van der Waals surface area contributed by atoms with Crippen LogP contribution in [0.1, 0.15) is 6.92 Å². The first-order valence-corrected chi connectivity index (χ1v) is 8.29. The number of aromatic nitrogens is 1. The maximum Gasteiger partial charge on any atom is 0.277 e. The second-order valence-corrected chi connectivity index (χ2v) is 7.13. The summed E-state index contributed by atoms with van der Waals surface area (Å²) in [6.07, 6.45) is 4.18. The zero-order valence-electron chi connectivity index (χ0n) is 11.6. The van der Waals surface area contributed by atoms with Crippen molar-refractivity contribution in [3.63, 3.8) is 0 Å². The smallest absolute Gasteiger partial charge is 0.277 e. The van der Waals surface area contributed by atoms with Crippen LogP contribution in [0.2, 0.25) is 0 Å². The van der Waals surface area contributed by atoms with Crippen LogP contribution in [0.5, 0.6) is 0 Å². The molecule has 1 aromatic heterocycles. The fraction of sp³-hybridized carbons (Fsp3) is 0.308. The number of non-ortho nitro benzene ring substituents is 1. The molecule has 21 heavy (non-hydrogen) atoms. The van der Waals surface area contributed by atoms with Gasteiger partial charge in [-0.1, -0.05) is 0 Å². The van der Waals surface area contributed by atoms with E-state index in [1.54, 1.807) is 19.1 Å². The van der Waals surface area contributed by atoms with Crippen molar-refractivity contribution in [3.05, 3.63) is 40.7 Å². The lowest BCUT2D eigenvalue weighted by atomic mass is 10.1. The molecule has 1 N–H and O–H groups in total. The van der Waals surface area contributed by atoms with Crippen LogP contribution in [0.3, 0.4) is 0 Å². The van der Waals surface area contributed by atoms with Gasteiger partial charge in [-0.3, -0.25) is 15.1 Å². The van der Waals surface area contributed by atoms with E-state index in [4.69, 9.17) is 0 Å². The molecule has 0 aliphatic rings. The highest BCUT2D eigenvalue weighted by Crippen LogP contribution is 2.31. The van der Waals surface area contributed by atoms with Gasteiger partial charge in [-0.25, -0.2) is 8.42 Å². The van der Waals surface area contributed by atoms with Crippen molar-refractivity contribution in [1.29, 1.82) is 0 Å². The van der Waals surface area contributed by atoms with E-state index in [1.807, 2.05) is 0 Å². The SMILES string of the molecule is CC(CS(C)(=O)=O)Nc1ccc([N+](=O)[O-])c2ccncc12. The molecule has 112 valence electrons. The van der Waals surface area contributed by atoms with E-state index in [1.165, 1.54) is 24.7 Å². The lowest BCUT2D eigenvalue weighted by molar-refractivity contribution is -0.383. The Hall–Kier alpha value is -2.22. The molecule has 2 aromatic rings. The van der Waals surface area contributed by atoms with E-state index >= 15 is 0 Å². The van der Waals surface area contributed by atoms with Crippen LogP contribution in [0.25, 0.3) is 10.8 Å². The van der Waals surface area contributed by atoms with Crippen molar-refractivity contribution >= 4 is 32.0 Å². The molecule has 0 spiro atoms. The van der Waals surface area contributed by atoms with Crippen LogP contribution >= 0.6 is 0 Å². The first-order valence-electron chi connectivity index (χ1n) is 6.23. The van der Waals surface area contributed by atoms with Crippen molar-refractivity contribution in [2.45, 2.75) is 13.0 Å². The van der Waals surface area contributed by atoms with E-state index in [0.717, 1.165) is 0 Å². The maximum atomic E-state index is 11.3. The summed E-state index contributed by atoms with van der Waals surface area (Å²) >= 11 is 0. The molecule has 0 amide bonds. The van der Waals surface area contributed by atoms with E-state index in [0.29, 0.717) is 16.5 Å². The fourth-order valence-corrected chi connectivity index (χ4v) is 3.21. The highest BCUT2D eigenvalue weighted by molar-refractivity contribution is 7.90. The van der Waals surface area contributed by atoms with Crippen LogP contribution in [0.4, 0.5) is 11.4 Å². The molecule has 0 saturated heterocycles. The Morgan fingerprint density at radius 2 is 2.05 bits per heavy atom. The second kappa shape index (κ2) is 5.65. The van der Waals surface area contributed by atoms with Gasteiger partial charge in [0.25, 0.3) is 5.69 Å². The molecule has 7 nitrogen and oxygen atoms in total. The van der Waals surface area contributed by atoms with E-state index < -0.39 is 14.8 Å². The number of hydrogen-bond acceptors (Lipinski definition) is 6. The fourth-order valence-electron chi connectivity index (χ4n) is 2.22. The average molecular weight is 309 g/mol. The van der Waals surface area contributed by atoms with Crippen LogP contribution in [-0.2, 0) is 9.84 Å². The zero-order chi connectivity index (χ0) is 15.6. The largest absolute Gasteiger partial charge is 0.381 e. The molecule has 0 aliphatic heterocycles. The Morgan fingerprint density at radius 3 is 2.67 bits per heavy atom. The predicted octanol–water partition coefficient (Wildman–Crippen LogP) is 1.99. The Kier molecular flexibility index (Phi) is 4.08. The van der Waals surface area contributed by atoms with Gasteiger partial charge in [0.2, 0.25) is 0 Å². The van der Waals surface area contributed by atoms with E-state index in [9.17, 15) is 18.5 Å². The van der Waals surface area contributed by atoms with Gasteiger partial charge in [0, 0.05) is 41.8 Å². The Bertz CT molecular complexity index is 789. The molecule has 0 aliphatic carbocycles. The molecule has 1 atom stereocenters. The summed E-state index contributed by atoms with van der Waals surface area (Å²) in [4.78, 5) is 14.5. The van der Waals surface area contributed by atoms with Gasteiger partial charge in [-0.2, -0.15) is 0 Å². The maximum absolute atomic E-state index is 11.3. The average Bonchev–Trinajstić information content (AvgIpc) is 2.36. The van der Waals surface area contributed by atoms with Crippen molar-refractivity contribution in [1.82, 2.24) is 4.98 Å². The number of nitro groups is 1. The zero-order valence-corrected chi connectivity index (χ0v) is 12.4. The lowest BCUT2D eigenvalue weighted by Crippen LogP contribution is -2.25. The van der Waals surface area contributed by atoms with Gasteiger partial charge in [0.1, 0.15) is 9.84 Å². The third-order valence-electron chi connectivity index (χ3n) is 2.95. The third kappa shape index (κ3) is 3.66. The number of rotatable bonds is 5. The summed E-state index contributed by atoms with van der Waals surface area (Å²) < 4.78 is 22.6. The Labute approximate surface area is 122 Å². The van der Waals surface area contributed by atoms with Crippen LogP contribution in [0.15, 0.2) is 30.6 Å². The molecular weight excluding hydrogens is 294 g/mol. The third-order valence-corrected chi connectivity index (χ3v) is 4.05. The first-order chi connectivity index (χ1) is 9.78. The number of nitrogens with one attached hydrogen (secondary N) is 1. The summed E-state index contributed by atoms with van der Waals surface area (Å²) in [6.45, 7) is 1.74. The number of hydrogen-bond donors (Lipinski definition) is 1. The highest BCUT2D eigenvalue weighted by atomic mass is 32.2. The molecule has 2 rings (SSSR count). The highest BCUT2D eigenvalue weighted by Gasteiger charge is 2.16. The number of pyridine rings is 1. The summed E-state index contributed by atoms with van der Waals surface area (Å²) in [5.41, 5.74) is 0.619. The minimum absolute atomic E-state index is 0.00582. The molecule has 0 radical (unpaired) electrons. The summed E-state index contributed by atoms with van der Waals surface area (Å²) in [5, 5.41) is 15.1. The summed E-state index contributed by atoms with van der Waals surface area (Å²) in [6, 6.07) is 4.23. The topological polar surface area (TPSA) is 102 Å². The molecule has 1 unspecified atom stereocenters. The Balaban J connectivity index is 2.42. The van der Waals surface area contributed by atoms with E-state index in [2.05, 4.69) is 10.3 Å². The van der Waals surface area contributed by atoms with Crippen LogP contribution in [0, 0.1) is 10.1 Å². The minimum Gasteiger partial charge on any atom is -0.381 e. The van der Waals surface area contributed by atoms with Gasteiger partial charge >= 0.3 is 0 Å². The molecule has 8 heteroatoms. The van der Waals surface area contributed by atoms with Crippen molar-refractivity contribution in [2.24, 2.45) is 0 Å².